The summed E-state index contributed by atoms with van der Waals surface area (Å²) in [7, 11) is 0. The third kappa shape index (κ3) is 2.97. The van der Waals surface area contributed by atoms with E-state index in [0.29, 0.717) is 19.1 Å². The lowest BCUT2D eigenvalue weighted by Crippen LogP contribution is -2.59. The molecule has 1 heterocycles. The highest BCUT2D eigenvalue weighted by molar-refractivity contribution is 5.75. The van der Waals surface area contributed by atoms with Crippen LogP contribution in [-0.2, 0) is 4.74 Å². The second kappa shape index (κ2) is 6.16. The first-order valence-electron chi connectivity index (χ1n) is 9.00. The normalized spacial score (nSPS) is 24.6. The van der Waals surface area contributed by atoms with Crippen molar-refractivity contribution >= 4 is 6.03 Å². The van der Waals surface area contributed by atoms with Crippen molar-refractivity contribution in [2.45, 2.75) is 50.2 Å². The Morgan fingerprint density at radius 2 is 2.00 bits per heavy atom. The van der Waals surface area contributed by atoms with E-state index in [1.807, 2.05) is 11.0 Å². The predicted molar refractivity (Wildman–Crippen MR) is 89.2 cm³/mol. The van der Waals surface area contributed by atoms with E-state index in [9.17, 15) is 4.79 Å². The van der Waals surface area contributed by atoms with E-state index in [1.54, 1.807) is 0 Å². The molecule has 1 atom stereocenters. The van der Waals surface area contributed by atoms with Crippen molar-refractivity contribution in [1.29, 1.82) is 0 Å². The Hall–Kier alpha value is -1.55. The summed E-state index contributed by atoms with van der Waals surface area (Å²) in [5.74, 6) is 0.583. The summed E-state index contributed by atoms with van der Waals surface area (Å²) in [6.07, 6.45) is 7.14. The highest BCUT2D eigenvalue weighted by Gasteiger charge is 2.43. The van der Waals surface area contributed by atoms with Crippen LogP contribution in [-0.4, -0.2) is 36.2 Å². The first-order chi connectivity index (χ1) is 11.3. The largest absolute Gasteiger partial charge is 0.371 e. The molecule has 124 valence electrons. The molecule has 2 aliphatic carbocycles. The third-order valence-corrected chi connectivity index (χ3v) is 5.86. The maximum Gasteiger partial charge on any atom is 0.318 e. The van der Waals surface area contributed by atoms with Gasteiger partial charge in [-0.2, -0.15) is 0 Å². The molecule has 2 amide bonds. The van der Waals surface area contributed by atoms with Gasteiger partial charge in [-0.25, -0.2) is 4.79 Å². The van der Waals surface area contributed by atoms with Crippen LogP contribution in [0, 0.1) is 5.92 Å². The molecular formula is C19H26N2O2. The Balaban J connectivity index is 1.44. The summed E-state index contributed by atoms with van der Waals surface area (Å²) in [4.78, 5) is 14.8. The molecule has 4 heteroatoms. The van der Waals surface area contributed by atoms with Gasteiger partial charge in [-0.15, -0.1) is 0 Å². The first-order valence-corrected chi connectivity index (χ1v) is 9.00. The molecule has 3 aliphatic rings. The minimum Gasteiger partial charge on any atom is -0.371 e. The Morgan fingerprint density at radius 3 is 2.61 bits per heavy atom. The van der Waals surface area contributed by atoms with E-state index in [1.165, 1.54) is 31.2 Å². The maximum absolute atomic E-state index is 12.8. The van der Waals surface area contributed by atoms with Gasteiger partial charge in [0.15, 0.2) is 0 Å². The zero-order valence-electron chi connectivity index (χ0n) is 13.7. The molecule has 0 aromatic heterocycles. The number of ether oxygens (including phenoxy) is 1. The van der Waals surface area contributed by atoms with Crippen LogP contribution >= 0.6 is 0 Å². The average molecular weight is 314 g/mol. The number of carbonyl (C=O) groups is 1. The van der Waals surface area contributed by atoms with Crippen LogP contribution in [0.5, 0.6) is 0 Å². The molecule has 1 aromatic carbocycles. The van der Waals surface area contributed by atoms with Crippen molar-refractivity contribution in [1.82, 2.24) is 10.2 Å². The van der Waals surface area contributed by atoms with Crippen LogP contribution in [0.4, 0.5) is 4.79 Å². The van der Waals surface area contributed by atoms with Gasteiger partial charge in [-0.05, 0) is 43.6 Å². The minimum atomic E-state index is -0.0334. The van der Waals surface area contributed by atoms with E-state index >= 15 is 0 Å². The van der Waals surface area contributed by atoms with Gasteiger partial charge in [0, 0.05) is 6.54 Å². The Kier molecular flexibility index (Phi) is 4.02. The average Bonchev–Trinajstić information content (AvgIpc) is 2.52. The molecule has 1 aliphatic heterocycles. The second-order valence-electron chi connectivity index (χ2n) is 7.34. The first kappa shape index (κ1) is 15.0. The van der Waals surface area contributed by atoms with E-state index in [-0.39, 0.29) is 17.7 Å². The van der Waals surface area contributed by atoms with Crippen LogP contribution in [0.2, 0.25) is 0 Å². The van der Waals surface area contributed by atoms with Gasteiger partial charge in [0.1, 0.15) is 0 Å². The molecule has 1 N–H and O–H groups in total. The molecule has 1 aromatic rings. The van der Waals surface area contributed by atoms with Crippen LogP contribution in [0.15, 0.2) is 30.3 Å². The van der Waals surface area contributed by atoms with E-state index < -0.39 is 0 Å². The van der Waals surface area contributed by atoms with E-state index in [0.717, 1.165) is 19.4 Å². The van der Waals surface area contributed by atoms with Crippen molar-refractivity contribution in [2.75, 3.05) is 19.7 Å². The molecule has 1 spiro atoms. The van der Waals surface area contributed by atoms with Gasteiger partial charge < -0.3 is 15.0 Å². The van der Waals surface area contributed by atoms with Gasteiger partial charge >= 0.3 is 6.03 Å². The minimum absolute atomic E-state index is 0.0334. The van der Waals surface area contributed by atoms with Crippen LogP contribution in [0.3, 0.4) is 0 Å². The van der Waals surface area contributed by atoms with Gasteiger partial charge in [-0.3, -0.25) is 0 Å². The monoisotopic (exact) mass is 314 g/mol. The number of benzene rings is 1. The molecule has 4 nitrogen and oxygen atoms in total. The summed E-state index contributed by atoms with van der Waals surface area (Å²) >= 11 is 0. The van der Waals surface area contributed by atoms with Crippen molar-refractivity contribution in [2.24, 2.45) is 5.92 Å². The lowest BCUT2D eigenvalue weighted by molar-refractivity contribution is -0.141. The van der Waals surface area contributed by atoms with E-state index in [4.69, 9.17) is 4.74 Å². The molecule has 3 fully saturated rings. The summed E-state index contributed by atoms with van der Waals surface area (Å²) in [6.45, 7) is 2.14. The Labute approximate surface area is 138 Å². The molecular weight excluding hydrogens is 288 g/mol. The standard InChI is InChI=1S/C19H26N2O2/c22-18(21-12-13-23-19(14-21)10-5-11-19)20-17(16-8-4-9-16)15-6-2-1-3-7-15/h1-3,6-7,16-17H,4-5,8-14H2,(H,20,22). The number of amides is 2. The molecule has 0 bridgehead atoms. The van der Waals surface area contributed by atoms with Crippen molar-refractivity contribution in [3.8, 4) is 0 Å². The van der Waals surface area contributed by atoms with Gasteiger partial charge in [-0.1, -0.05) is 36.8 Å². The highest BCUT2D eigenvalue weighted by Crippen LogP contribution is 2.39. The summed E-state index contributed by atoms with van der Waals surface area (Å²) in [5, 5.41) is 3.32. The number of rotatable bonds is 3. The molecule has 23 heavy (non-hydrogen) atoms. The Morgan fingerprint density at radius 1 is 1.22 bits per heavy atom. The third-order valence-electron chi connectivity index (χ3n) is 5.86. The second-order valence-corrected chi connectivity index (χ2v) is 7.34. The SMILES string of the molecule is O=C(NC(c1ccccc1)C1CCC1)N1CCOC2(CCC2)C1. The van der Waals surface area contributed by atoms with Gasteiger partial charge in [0.2, 0.25) is 0 Å². The topological polar surface area (TPSA) is 41.6 Å². The van der Waals surface area contributed by atoms with Gasteiger partial charge in [0.25, 0.3) is 0 Å². The van der Waals surface area contributed by atoms with Crippen molar-refractivity contribution in [3.05, 3.63) is 35.9 Å². The van der Waals surface area contributed by atoms with Gasteiger partial charge in [0.05, 0.1) is 24.8 Å². The van der Waals surface area contributed by atoms with E-state index in [2.05, 4.69) is 29.6 Å². The van der Waals surface area contributed by atoms with Crippen molar-refractivity contribution in [3.63, 3.8) is 0 Å². The summed E-state index contributed by atoms with van der Waals surface area (Å²) < 4.78 is 5.93. The fourth-order valence-electron chi connectivity index (χ4n) is 4.02. The highest BCUT2D eigenvalue weighted by atomic mass is 16.5. The molecule has 2 saturated carbocycles. The quantitative estimate of drug-likeness (QED) is 0.928. The predicted octanol–water partition coefficient (Wildman–Crippen LogP) is 3.49. The van der Waals surface area contributed by atoms with Crippen LogP contribution < -0.4 is 5.32 Å². The zero-order valence-corrected chi connectivity index (χ0v) is 13.7. The summed E-state index contributed by atoms with van der Waals surface area (Å²) in [5.41, 5.74) is 1.20. The maximum atomic E-state index is 12.8. The zero-order chi connectivity index (χ0) is 15.7. The molecule has 4 rings (SSSR count). The number of morpholine rings is 1. The van der Waals surface area contributed by atoms with Crippen LogP contribution in [0.25, 0.3) is 0 Å². The number of urea groups is 1. The number of nitrogens with zero attached hydrogens (tertiary/aromatic N) is 1. The molecule has 1 saturated heterocycles. The number of carbonyl (C=O) groups excluding carboxylic acids is 1. The fraction of sp³-hybridized carbons (Fsp3) is 0.632. The smallest absolute Gasteiger partial charge is 0.318 e. The fourth-order valence-corrected chi connectivity index (χ4v) is 4.02. The summed E-state index contributed by atoms with van der Waals surface area (Å²) in [6, 6.07) is 10.7. The Bertz CT molecular complexity index is 552. The number of hydrogen-bond acceptors (Lipinski definition) is 2. The van der Waals surface area contributed by atoms with Crippen LogP contribution in [0.1, 0.15) is 50.1 Å². The molecule has 0 radical (unpaired) electrons. The lowest BCUT2D eigenvalue weighted by Gasteiger charge is -2.48. The van der Waals surface area contributed by atoms with Crippen molar-refractivity contribution < 1.29 is 9.53 Å². The lowest BCUT2D eigenvalue weighted by atomic mass is 9.77. The number of hydrogen-bond donors (Lipinski definition) is 1. The number of nitrogens with one attached hydrogen (secondary N) is 1. The molecule has 1 unspecified atom stereocenters.